The number of benzene rings is 2. The van der Waals surface area contributed by atoms with Gasteiger partial charge in [0.05, 0.1) is 5.71 Å². The lowest BCUT2D eigenvalue weighted by Crippen LogP contribution is -2.35. The number of piperidine rings is 1. The molecule has 1 aliphatic heterocycles. The van der Waals surface area contributed by atoms with Crippen LogP contribution in [0.2, 0.25) is 0 Å². The van der Waals surface area contributed by atoms with Crippen molar-refractivity contribution < 1.29 is 9.23 Å². The SMILES string of the molecule is CO/N=C(/CCN1CCCC(c2ccccc2)C1)c1ccc(F)cc1. The van der Waals surface area contributed by atoms with Crippen LogP contribution < -0.4 is 0 Å². The topological polar surface area (TPSA) is 24.8 Å². The number of hydrogen-bond acceptors (Lipinski definition) is 3. The minimum atomic E-state index is -0.234. The van der Waals surface area contributed by atoms with Gasteiger partial charge in [0.15, 0.2) is 0 Å². The van der Waals surface area contributed by atoms with E-state index in [-0.39, 0.29) is 5.82 Å². The molecule has 1 heterocycles. The standard InChI is InChI=1S/C21H25FN2O/c1-25-23-21(18-9-11-20(22)12-10-18)13-15-24-14-5-8-19(16-24)17-6-3-2-4-7-17/h2-4,6-7,9-12,19H,5,8,13-16H2,1H3/b23-21-. The van der Waals surface area contributed by atoms with Crippen molar-refractivity contribution in [3.05, 3.63) is 71.5 Å². The summed E-state index contributed by atoms with van der Waals surface area (Å²) in [6, 6.07) is 17.2. The van der Waals surface area contributed by atoms with Crippen LogP contribution in [0.25, 0.3) is 0 Å². The zero-order valence-electron chi connectivity index (χ0n) is 14.7. The number of halogens is 1. The lowest BCUT2D eigenvalue weighted by atomic mass is 9.90. The summed E-state index contributed by atoms with van der Waals surface area (Å²) in [5.41, 5.74) is 3.21. The number of rotatable bonds is 6. The van der Waals surface area contributed by atoms with Gasteiger partial charge in [0.25, 0.3) is 0 Å². The Bertz CT molecular complexity index is 685. The highest BCUT2D eigenvalue weighted by atomic mass is 19.1. The quantitative estimate of drug-likeness (QED) is 0.573. The molecule has 3 nitrogen and oxygen atoms in total. The first-order valence-electron chi connectivity index (χ1n) is 8.89. The summed E-state index contributed by atoms with van der Waals surface area (Å²) in [4.78, 5) is 7.49. The van der Waals surface area contributed by atoms with E-state index >= 15 is 0 Å². The highest BCUT2D eigenvalue weighted by Gasteiger charge is 2.21. The van der Waals surface area contributed by atoms with Crippen LogP contribution in [0.3, 0.4) is 0 Å². The molecule has 1 fully saturated rings. The van der Waals surface area contributed by atoms with Crippen molar-refractivity contribution in [2.45, 2.75) is 25.2 Å². The second kappa shape index (κ2) is 8.77. The van der Waals surface area contributed by atoms with Crippen molar-refractivity contribution >= 4 is 5.71 Å². The molecule has 1 atom stereocenters. The second-order valence-electron chi connectivity index (χ2n) is 6.53. The molecule has 0 amide bonds. The number of likely N-dealkylation sites (tertiary alicyclic amines) is 1. The van der Waals surface area contributed by atoms with Crippen molar-refractivity contribution in [3.63, 3.8) is 0 Å². The average molecular weight is 340 g/mol. The van der Waals surface area contributed by atoms with E-state index in [1.165, 1.54) is 30.5 Å². The maximum atomic E-state index is 13.1. The number of oxime groups is 1. The summed E-state index contributed by atoms with van der Waals surface area (Å²) >= 11 is 0. The van der Waals surface area contributed by atoms with E-state index in [2.05, 4.69) is 40.4 Å². The zero-order valence-corrected chi connectivity index (χ0v) is 14.7. The third kappa shape index (κ3) is 4.89. The van der Waals surface area contributed by atoms with Crippen LogP contribution in [0.15, 0.2) is 59.8 Å². The maximum Gasteiger partial charge on any atom is 0.123 e. The van der Waals surface area contributed by atoms with Crippen molar-refractivity contribution in [1.29, 1.82) is 0 Å². The lowest BCUT2D eigenvalue weighted by molar-refractivity contribution is 0.204. The van der Waals surface area contributed by atoms with E-state index in [1.807, 2.05) is 0 Å². The molecule has 0 bridgehead atoms. The fourth-order valence-corrected chi connectivity index (χ4v) is 3.52. The van der Waals surface area contributed by atoms with Crippen LogP contribution in [0, 0.1) is 5.82 Å². The Labute approximate surface area is 149 Å². The Kier molecular flexibility index (Phi) is 6.18. The van der Waals surface area contributed by atoms with Gasteiger partial charge in [-0.15, -0.1) is 0 Å². The smallest absolute Gasteiger partial charge is 0.123 e. The van der Waals surface area contributed by atoms with Gasteiger partial charge in [-0.2, -0.15) is 0 Å². The fourth-order valence-electron chi connectivity index (χ4n) is 3.52. The molecular weight excluding hydrogens is 315 g/mol. The first kappa shape index (κ1) is 17.6. The first-order valence-corrected chi connectivity index (χ1v) is 8.89. The molecule has 2 aromatic rings. The summed E-state index contributed by atoms with van der Waals surface area (Å²) < 4.78 is 13.1. The van der Waals surface area contributed by atoms with Gasteiger partial charge in [-0.05, 0) is 48.6 Å². The van der Waals surface area contributed by atoms with Gasteiger partial charge in [-0.1, -0.05) is 47.6 Å². The maximum absolute atomic E-state index is 13.1. The monoisotopic (exact) mass is 340 g/mol. The van der Waals surface area contributed by atoms with Crippen LogP contribution in [0.4, 0.5) is 4.39 Å². The lowest BCUT2D eigenvalue weighted by Gasteiger charge is -2.33. The highest BCUT2D eigenvalue weighted by Crippen LogP contribution is 2.26. The van der Waals surface area contributed by atoms with Gasteiger partial charge >= 0.3 is 0 Å². The molecule has 0 aromatic heterocycles. The molecule has 25 heavy (non-hydrogen) atoms. The van der Waals surface area contributed by atoms with Gasteiger partial charge in [0, 0.05) is 19.5 Å². The Morgan fingerprint density at radius 2 is 1.92 bits per heavy atom. The van der Waals surface area contributed by atoms with E-state index in [0.717, 1.165) is 37.3 Å². The van der Waals surface area contributed by atoms with Crippen molar-refractivity contribution in [3.8, 4) is 0 Å². The van der Waals surface area contributed by atoms with Gasteiger partial charge in [0.1, 0.15) is 12.9 Å². The van der Waals surface area contributed by atoms with E-state index < -0.39 is 0 Å². The van der Waals surface area contributed by atoms with Crippen molar-refractivity contribution in [2.24, 2.45) is 5.16 Å². The van der Waals surface area contributed by atoms with Crippen LogP contribution in [-0.4, -0.2) is 37.4 Å². The van der Waals surface area contributed by atoms with Crippen LogP contribution in [-0.2, 0) is 4.84 Å². The second-order valence-corrected chi connectivity index (χ2v) is 6.53. The molecule has 2 aromatic carbocycles. The third-order valence-electron chi connectivity index (χ3n) is 4.82. The molecule has 0 radical (unpaired) electrons. The molecule has 0 aliphatic carbocycles. The largest absolute Gasteiger partial charge is 0.399 e. The van der Waals surface area contributed by atoms with E-state index in [4.69, 9.17) is 4.84 Å². The fraction of sp³-hybridized carbons (Fsp3) is 0.381. The predicted octanol–water partition coefficient (Wildman–Crippen LogP) is 4.45. The summed E-state index contributed by atoms with van der Waals surface area (Å²) in [6.45, 7) is 3.13. The van der Waals surface area contributed by atoms with Gasteiger partial charge in [-0.25, -0.2) is 4.39 Å². The zero-order chi connectivity index (χ0) is 17.5. The van der Waals surface area contributed by atoms with E-state index in [9.17, 15) is 4.39 Å². The predicted molar refractivity (Wildman–Crippen MR) is 99.4 cm³/mol. The molecule has 132 valence electrons. The molecule has 1 aliphatic rings. The summed E-state index contributed by atoms with van der Waals surface area (Å²) in [5.74, 6) is 0.367. The number of nitrogens with zero attached hydrogens (tertiary/aromatic N) is 2. The summed E-state index contributed by atoms with van der Waals surface area (Å²) in [7, 11) is 1.55. The van der Waals surface area contributed by atoms with E-state index in [1.54, 1.807) is 19.2 Å². The Hall–Kier alpha value is -2.20. The minimum absolute atomic E-state index is 0.234. The first-order chi connectivity index (χ1) is 12.3. The molecule has 0 spiro atoms. The van der Waals surface area contributed by atoms with Gasteiger partial charge in [0.2, 0.25) is 0 Å². The van der Waals surface area contributed by atoms with Crippen LogP contribution in [0.1, 0.15) is 36.3 Å². The van der Waals surface area contributed by atoms with E-state index in [0.29, 0.717) is 5.92 Å². The molecule has 0 N–H and O–H groups in total. The minimum Gasteiger partial charge on any atom is -0.399 e. The van der Waals surface area contributed by atoms with Crippen molar-refractivity contribution in [1.82, 2.24) is 4.90 Å². The van der Waals surface area contributed by atoms with Crippen molar-refractivity contribution in [2.75, 3.05) is 26.7 Å². The Morgan fingerprint density at radius 1 is 1.16 bits per heavy atom. The highest BCUT2D eigenvalue weighted by molar-refractivity contribution is 6.00. The molecule has 1 unspecified atom stereocenters. The molecule has 4 heteroatoms. The number of hydrogen-bond donors (Lipinski definition) is 0. The molecule has 0 saturated carbocycles. The van der Waals surface area contributed by atoms with Crippen LogP contribution >= 0.6 is 0 Å². The average Bonchev–Trinajstić information content (AvgIpc) is 2.67. The third-order valence-corrected chi connectivity index (χ3v) is 4.82. The van der Waals surface area contributed by atoms with Crippen LogP contribution in [0.5, 0.6) is 0 Å². The Balaban J connectivity index is 1.61. The summed E-state index contributed by atoms with van der Waals surface area (Å²) in [5, 5.41) is 4.15. The molecular formula is C21H25FN2O. The normalized spacial score (nSPS) is 19.0. The molecule has 3 rings (SSSR count). The Morgan fingerprint density at radius 3 is 2.64 bits per heavy atom. The summed E-state index contributed by atoms with van der Waals surface area (Å²) in [6.07, 6.45) is 3.26. The van der Waals surface area contributed by atoms with Gasteiger partial charge < -0.3 is 9.74 Å². The molecule has 1 saturated heterocycles. The van der Waals surface area contributed by atoms with Gasteiger partial charge in [-0.3, -0.25) is 0 Å².